The van der Waals surface area contributed by atoms with Crippen molar-refractivity contribution < 1.29 is 19.1 Å². The third kappa shape index (κ3) is 8.39. The van der Waals surface area contributed by atoms with Gasteiger partial charge in [-0.25, -0.2) is 0 Å². The van der Waals surface area contributed by atoms with E-state index in [1.165, 1.54) is 0 Å². The van der Waals surface area contributed by atoms with E-state index in [0.29, 0.717) is 19.7 Å². The SMILES string of the molecule is CCCNC(=O)C(C)NC(=O)CN(C)CCOc1ccc(OC)cc1. The van der Waals surface area contributed by atoms with E-state index in [1.807, 2.05) is 43.1 Å². The summed E-state index contributed by atoms with van der Waals surface area (Å²) in [5.74, 6) is 1.17. The summed E-state index contributed by atoms with van der Waals surface area (Å²) in [5, 5.41) is 5.45. The molecule has 0 aliphatic rings. The number of carbonyl (C=O) groups excluding carboxylic acids is 2. The quantitative estimate of drug-likeness (QED) is 0.623. The first kappa shape index (κ1) is 20.8. The van der Waals surface area contributed by atoms with Crippen molar-refractivity contribution in [2.45, 2.75) is 26.3 Å². The zero-order valence-electron chi connectivity index (χ0n) is 15.5. The molecule has 1 aromatic carbocycles. The summed E-state index contributed by atoms with van der Waals surface area (Å²) in [6.45, 7) is 5.53. The summed E-state index contributed by atoms with van der Waals surface area (Å²) in [7, 11) is 3.45. The number of rotatable bonds is 11. The largest absolute Gasteiger partial charge is 0.497 e. The lowest BCUT2D eigenvalue weighted by molar-refractivity contribution is -0.129. The third-order valence-corrected chi connectivity index (χ3v) is 3.53. The molecule has 0 aliphatic carbocycles. The predicted octanol–water partition coefficient (Wildman–Crippen LogP) is 1.04. The summed E-state index contributed by atoms with van der Waals surface area (Å²) in [4.78, 5) is 25.5. The number of nitrogens with zero attached hydrogens (tertiary/aromatic N) is 1. The van der Waals surface area contributed by atoms with E-state index in [2.05, 4.69) is 10.6 Å². The molecule has 0 aromatic heterocycles. The molecule has 0 saturated heterocycles. The van der Waals surface area contributed by atoms with Crippen LogP contribution in [-0.4, -0.2) is 63.2 Å². The summed E-state index contributed by atoms with van der Waals surface area (Å²) in [6, 6.07) is 6.79. The van der Waals surface area contributed by atoms with Crippen LogP contribution in [-0.2, 0) is 9.59 Å². The number of nitrogens with one attached hydrogen (secondary N) is 2. The van der Waals surface area contributed by atoms with Gasteiger partial charge in [-0.3, -0.25) is 14.5 Å². The summed E-state index contributed by atoms with van der Waals surface area (Å²) < 4.78 is 10.7. The Morgan fingerprint density at radius 3 is 2.44 bits per heavy atom. The van der Waals surface area contributed by atoms with Crippen LogP contribution in [0.1, 0.15) is 20.3 Å². The van der Waals surface area contributed by atoms with Crippen LogP contribution in [0.4, 0.5) is 0 Å². The van der Waals surface area contributed by atoms with Gasteiger partial charge in [-0.05, 0) is 44.7 Å². The van der Waals surface area contributed by atoms with E-state index >= 15 is 0 Å². The first-order valence-electron chi connectivity index (χ1n) is 8.48. The van der Waals surface area contributed by atoms with Crippen molar-refractivity contribution in [1.29, 1.82) is 0 Å². The summed E-state index contributed by atoms with van der Waals surface area (Å²) >= 11 is 0. The number of ether oxygens (including phenoxy) is 2. The lowest BCUT2D eigenvalue weighted by atomic mass is 10.3. The molecule has 2 N–H and O–H groups in total. The Labute approximate surface area is 149 Å². The van der Waals surface area contributed by atoms with Crippen LogP contribution in [0.3, 0.4) is 0 Å². The molecule has 2 amide bonds. The maximum absolute atomic E-state index is 12.0. The van der Waals surface area contributed by atoms with E-state index in [1.54, 1.807) is 14.0 Å². The van der Waals surface area contributed by atoms with Gasteiger partial charge in [0.1, 0.15) is 24.1 Å². The Hall–Kier alpha value is -2.28. The van der Waals surface area contributed by atoms with Gasteiger partial charge < -0.3 is 20.1 Å². The number of benzene rings is 1. The highest BCUT2D eigenvalue weighted by Crippen LogP contribution is 2.16. The number of carbonyl (C=O) groups is 2. The molecule has 0 saturated carbocycles. The number of likely N-dealkylation sites (N-methyl/N-ethyl adjacent to an activating group) is 1. The van der Waals surface area contributed by atoms with Gasteiger partial charge in [0.15, 0.2) is 0 Å². The van der Waals surface area contributed by atoms with E-state index < -0.39 is 6.04 Å². The smallest absolute Gasteiger partial charge is 0.242 e. The third-order valence-electron chi connectivity index (χ3n) is 3.53. The highest BCUT2D eigenvalue weighted by Gasteiger charge is 2.15. The first-order chi connectivity index (χ1) is 12.0. The Morgan fingerprint density at radius 2 is 1.84 bits per heavy atom. The molecule has 1 unspecified atom stereocenters. The molecule has 7 nitrogen and oxygen atoms in total. The number of hydrogen-bond acceptors (Lipinski definition) is 5. The Bertz CT molecular complexity index is 534. The van der Waals surface area contributed by atoms with E-state index in [-0.39, 0.29) is 18.4 Å². The molecule has 25 heavy (non-hydrogen) atoms. The van der Waals surface area contributed by atoms with Crippen LogP contribution < -0.4 is 20.1 Å². The molecule has 0 bridgehead atoms. The molecule has 1 atom stereocenters. The van der Waals surface area contributed by atoms with Crippen LogP contribution in [0.2, 0.25) is 0 Å². The number of amides is 2. The van der Waals surface area contributed by atoms with Gasteiger partial charge in [-0.1, -0.05) is 6.92 Å². The molecular formula is C18H29N3O4. The fourth-order valence-electron chi connectivity index (χ4n) is 2.07. The Balaban J connectivity index is 2.24. The van der Waals surface area contributed by atoms with Crippen LogP contribution >= 0.6 is 0 Å². The van der Waals surface area contributed by atoms with Gasteiger partial charge in [0.2, 0.25) is 11.8 Å². The van der Waals surface area contributed by atoms with Crippen LogP contribution in [0.25, 0.3) is 0 Å². The normalized spacial score (nSPS) is 11.7. The second-order valence-corrected chi connectivity index (χ2v) is 5.84. The molecule has 1 rings (SSSR count). The molecule has 0 spiro atoms. The van der Waals surface area contributed by atoms with Crippen LogP contribution in [0.15, 0.2) is 24.3 Å². The average Bonchev–Trinajstić information content (AvgIpc) is 2.59. The van der Waals surface area contributed by atoms with Gasteiger partial charge in [-0.15, -0.1) is 0 Å². The highest BCUT2D eigenvalue weighted by atomic mass is 16.5. The van der Waals surface area contributed by atoms with Crippen LogP contribution in [0, 0.1) is 0 Å². The van der Waals surface area contributed by atoms with Crippen molar-refractivity contribution in [3.63, 3.8) is 0 Å². The fourth-order valence-corrected chi connectivity index (χ4v) is 2.07. The van der Waals surface area contributed by atoms with E-state index in [0.717, 1.165) is 17.9 Å². The van der Waals surface area contributed by atoms with Crippen molar-refractivity contribution >= 4 is 11.8 Å². The minimum absolute atomic E-state index is 0.166. The Morgan fingerprint density at radius 1 is 1.20 bits per heavy atom. The predicted molar refractivity (Wildman–Crippen MR) is 96.9 cm³/mol. The number of hydrogen-bond donors (Lipinski definition) is 2. The lowest BCUT2D eigenvalue weighted by Crippen LogP contribution is -2.48. The minimum Gasteiger partial charge on any atom is -0.497 e. The van der Waals surface area contributed by atoms with Crippen molar-refractivity contribution in [3.8, 4) is 11.5 Å². The lowest BCUT2D eigenvalue weighted by Gasteiger charge is -2.19. The monoisotopic (exact) mass is 351 g/mol. The van der Waals surface area contributed by atoms with Gasteiger partial charge in [0.05, 0.1) is 13.7 Å². The molecular weight excluding hydrogens is 322 g/mol. The maximum atomic E-state index is 12.0. The van der Waals surface area contributed by atoms with Gasteiger partial charge in [0.25, 0.3) is 0 Å². The van der Waals surface area contributed by atoms with Crippen molar-refractivity contribution in [1.82, 2.24) is 15.5 Å². The van der Waals surface area contributed by atoms with Crippen molar-refractivity contribution in [2.75, 3.05) is 40.4 Å². The zero-order valence-corrected chi connectivity index (χ0v) is 15.5. The molecule has 140 valence electrons. The fraction of sp³-hybridized carbons (Fsp3) is 0.556. The van der Waals surface area contributed by atoms with Gasteiger partial charge in [0, 0.05) is 13.1 Å². The maximum Gasteiger partial charge on any atom is 0.242 e. The summed E-state index contributed by atoms with van der Waals surface area (Å²) in [5.41, 5.74) is 0. The highest BCUT2D eigenvalue weighted by molar-refractivity contribution is 5.87. The molecule has 0 heterocycles. The Kier molecular flexibility index (Phi) is 9.39. The van der Waals surface area contributed by atoms with Gasteiger partial charge >= 0.3 is 0 Å². The molecule has 1 aromatic rings. The first-order valence-corrected chi connectivity index (χ1v) is 8.48. The minimum atomic E-state index is -0.539. The van der Waals surface area contributed by atoms with Gasteiger partial charge in [-0.2, -0.15) is 0 Å². The topological polar surface area (TPSA) is 79.9 Å². The standard InChI is InChI=1S/C18H29N3O4/c1-5-10-19-18(23)14(2)20-17(22)13-21(3)11-12-25-16-8-6-15(24-4)7-9-16/h6-9,14H,5,10-13H2,1-4H3,(H,19,23)(H,20,22). The zero-order chi connectivity index (χ0) is 18.7. The number of methoxy groups -OCH3 is 1. The van der Waals surface area contributed by atoms with Crippen LogP contribution in [0.5, 0.6) is 11.5 Å². The second kappa shape index (κ2) is 11.3. The van der Waals surface area contributed by atoms with Crippen molar-refractivity contribution in [2.24, 2.45) is 0 Å². The summed E-state index contributed by atoms with van der Waals surface area (Å²) in [6.07, 6.45) is 0.864. The van der Waals surface area contributed by atoms with Crippen molar-refractivity contribution in [3.05, 3.63) is 24.3 Å². The molecule has 0 radical (unpaired) electrons. The second-order valence-electron chi connectivity index (χ2n) is 5.84. The molecule has 0 fully saturated rings. The molecule has 7 heteroatoms. The molecule has 0 aliphatic heterocycles. The average molecular weight is 351 g/mol. The van der Waals surface area contributed by atoms with E-state index in [4.69, 9.17) is 9.47 Å². The van der Waals surface area contributed by atoms with E-state index in [9.17, 15) is 9.59 Å².